The first-order valence-electron chi connectivity index (χ1n) is 2.89. The van der Waals surface area contributed by atoms with E-state index in [-0.39, 0.29) is 5.56 Å². The summed E-state index contributed by atoms with van der Waals surface area (Å²) in [6, 6.07) is 1.67. The highest BCUT2D eigenvalue weighted by molar-refractivity contribution is 5.41. The Balaban J connectivity index is 3.09. The van der Waals surface area contributed by atoms with Crippen molar-refractivity contribution in [3.8, 4) is 0 Å². The van der Waals surface area contributed by atoms with Gasteiger partial charge in [0.25, 0.3) is 5.56 Å². The number of rotatable bonds is 0. The quantitative estimate of drug-likeness (QED) is 0.553. The fourth-order valence-electron chi connectivity index (χ4n) is 0.870. The molecule has 2 heterocycles. The molecule has 0 saturated carbocycles. The van der Waals surface area contributed by atoms with Crippen LogP contribution in [-0.2, 0) is 0 Å². The lowest BCUT2D eigenvalue weighted by atomic mass is 10.5. The van der Waals surface area contributed by atoms with Gasteiger partial charge < -0.3 is 4.98 Å². The molecule has 0 unspecified atom stereocenters. The lowest BCUT2D eigenvalue weighted by molar-refractivity contribution is 0.936. The van der Waals surface area contributed by atoms with E-state index in [0.29, 0.717) is 5.52 Å². The minimum absolute atomic E-state index is 0.111. The zero-order valence-electron chi connectivity index (χ0n) is 5.11. The Bertz CT molecular complexity index is 400. The molecule has 0 aliphatic heterocycles. The third-order valence-electron chi connectivity index (χ3n) is 1.33. The Morgan fingerprint density at radius 1 is 1.60 bits per heavy atom. The fourth-order valence-corrected chi connectivity index (χ4v) is 0.870. The van der Waals surface area contributed by atoms with Gasteiger partial charge in [-0.05, 0) is 6.07 Å². The third-order valence-corrected chi connectivity index (χ3v) is 1.33. The van der Waals surface area contributed by atoms with Gasteiger partial charge in [-0.1, -0.05) is 0 Å². The largest absolute Gasteiger partial charge is 0.326 e. The molecule has 4 nitrogen and oxygen atoms in total. The number of nitrogens with zero attached hydrogens (tertiary/aromatic N) is 2. The van der Waals surface area contributed by atoms with Gasteiger partial charge in [0, 0.05) is 12.4 Å². The van der Waals surface area contributed by atoms with Crippen molar-refractivity contribution in [1.82, 2.24) is 14.6 Å². The van der Waals surface area contributed by atoms with E-state index in [0.717, 1.165) is 0 Å². The Kier molecular flexibility index (Phi) is 0.887. The second kappa shape index (κ2) is 1.70. The monoisotopic (exact) mass is 135 g/mol. The van der Waals surface area contributed by atoms with Gasteiger partial charge in [0.2, 0.25) is 0 Å². The van der Waals surface area contributed by atoms with Crippen LogP contribution in [-0.4, -0.2) is 14.6 Å². The number of aromatic nitrogens is 3. The predicted octanol–water partition coefficient (Wildman–Crippen LogP) is 0.0226. The van der Waals surface area contributed by atoms with E-state index in [1.54, 1.807) is 24.7 Å². The second-order valence-electron chi connectivity index (χ2n) is 1.95. The summed E-state index contributed by atoms with van der Waals surface area (Å²) < 4.78 is 1.53. The van der Waals surface area contributed by atoms with Crippen LogP contribution in [0.1, 0.15) is 0 Å². The normalized spacial score (nSPS) is 10.4. The van der Waals surface area contributed by atoms with Crippen molar-refractivity contribution < 1.29 is 0 Å². The zero-order chi connectivity index (χ0) is 6.97. The van der Waals surface area contributed by atoms with E-state index in [1.165, 1.54) is 4.52 Å². The number of H-pyrrole nitrogens is 1. The highest BCUT2D eigenvalue weighted by Gasteiger charge is 1.93. The zero-order valence-corrected chi connectivity index (χ0v) is 5.11. The molecule has 0 aliphatic rings. The van der Waals surface area contributed by atoms with Gasteiger partial charge in [0.05, 0.1) is 6.20 Å². The highest BCUT2D eigenvalue weighted by Crippen LogP contribution is 1.89. The molecule has 1 N–H and O–H groups in total. The Morgan fingerprint density at radius 3 is 3.30 bits per heavy atom. The van der Waals surface area contributed by atoms with E-state index < -0.39 is 0 Å². The van der Waals surface area contributed by atoms with Crippen LogP contribution in [0.3, 0.4) is 0 Å². The maximum absolute atomic E-state index is 10.9. The molecule has 0 amide bonds. The van der Waals surface area contributed by atoms with Gasteiger partial charge in [-0.15, -0.1) is 0 Å². The third kappa shape index (κ3) is 0.556. The lowest BCUT2D eigenvalue weighted by Gasteiger charge is -1.86. The lowest BCUT2D eigenvalue weighted by Crippen LogP contribution is -2.07. The number of hydrogen-bond acceptors (Lipinski definition) is 2. The van der Waals surface area contributed by atoms with Gasteiger partial charge in [0.15, 0.2) is 0 Å². The average Bonchev–Trinajstić information content (AvgIpc) is 2.36. The minimum atomic E-state index is -0.111. The van der Waals surface area contributed by atoms with Crippen molar-refractivity contribution >= 4 is 5.52 Å². The van der Waals surface area contributed by atoms with Crippen LogP contribution in [0.2, 0.25) is 0 Å². The summed E-state index contributed by atoms with van der Waals surface area (Å²) in [5, 5.41) is 3.88. The van der Waals surface area contributed by atoms with Crippen molar-refractivity contribution in [3.63, 3.8) is 0 Å². The summed E-state index contributed by atoms with van der Waals surface area (Å²) >= 11 is 0. The summed E-state index contributed by atoms with van der Waals surface area (Å²) in [7, 11) is 0. The summed E-state index contributed by atoms with van der Waals surface area (Å²) in [6.07, 6.45) is 4.84. The molecular formula is C6H5N3O. The maximum Gasteiger partial charge on any atom is 0.273 e. The molecule has 10 heavy (non-hydrogen) atoms. The summed E-state index contributed by atoms with van der Waals surface area (Å²) in [6.45, 7) is 0. The molecule has 0 bridgehead atoms. The first-order chi connectivity index (χ1) is 4.88. The molecule has 4 heteroatoms. The van der Waals surface area contributed by atoms with Gasteiger partial charge in [0.1, 0.15) is 5.52 Å². The van der Waals surface area contributed by atoms with E-state index in [2.05, 4.69) is 10.1 Å². The van der Waals surface area contributed by atoms with Crippen LogP contribution >= 0.6 is 0 Å². The van der Waals surface area contributed by atoms with Gasteiger partial charge in [-0.2, -0.15) is 5.10 Å². The van der Waals surface area contributed by atoms with Crippen molar-refractivity contribution in [2.24, 2.45) is 0 Å². The average molecular weight is 135 g/mol. The Hall–Kier alpha value is -1.58. The van der Waals surface area contributed by atoms with Crippen molar-refractivity contribution in [2.45, 2.75) is 0 Å². The summed E-state index contributed by atoms with van der Waals surface area (Å²) in [5.41, 5.74) is 0.461. The van der Waals surface area contributed by atoms with Crippen LogP contribution in [0.25, 0.3) is 5.52 Å². The first-order valence-corrected chi connectivity index (χ1v) is 2.89. The molecule has 2 aromatic rings. The topological polar surface area (TPSA) is 50.2 Å². The maximum atomic E-state index is 10.9. The molecule has 2 aromatic heterocycles. The molecule has 0 aromatic carbocycles. The highest BCUT2D eigenvalue weighted by atomic mass is 16.1. The van der Waals surface area contributed by atoms with Crippen molar-refractivity contribution in [1.29, 1.82) is 0 Å². The van der Waals surface area contributed by atoms with Crippen LogP contribution in [0.4, 0.5) is 0 Å². The van der Waals surface area contributed by atoms with E-state index >= 15 is 0 Å². The molecule has 0 spiro atoms. The fraction of sp³-hybridized carbons (Fsp3) is 0. The first kappa shape index (κ1) is 5.22. The molecule has 0 radical (unpaired) electrons. The van der Waals surface area contributed by atoms with Gasteiger partial charge in [-0.3, -0.25) is 4.79 Å². The molecule has 0 fully saturated rings. The van der Waals surface area contributed by atoms with E-state index in [9.17, 15) is 4.79 Å². The predicted molar refractivity (Wildman–Crippen MR) is 35.8 cm³/mol. The molecule has 0 aliphatic carbocycles. The molecular weight excluding hydrogens is 130 g/mol. The van der Waals surface area contributed by atoms with Crippen LogP contribution in [0.5, 0.6) is 0 Å². The number of nitrogens with one attached hydrogen (secondary N) is 1. The number of fused-ring (bicyclic) bond motifs is 1. The van der Waals surface area contributed by atoms with Crippen molar-refractivity contribution in [3.05, 3.63) is 35.0 Å². The van der Waals surface area contributed by atoms with E-state index in [4.69, 9.17) is 0 Å². The Labute approximate surface area is 56.1 Å². The number of aromatic amines is 1. The van der Waals surface area contributed by atoms with Crippen LogP contribution < -0.4 is 5.56 Å². The summed E-state index contributed by atoms with van der Waals surface area (Å²) in [5.74, 6) is 0. The van der Waals surface area contributed by atoms with Gasteiger partial charge >= 0.3 is 0 Å². The Morgan fingerprint density at radius 2 is 2.50 bits per heavy atom. The van der Waals surface area contributed by atoms with Crippen LogP contribution in [0.15, 0.2) is 29.5 Å². The van der Waals surface area contributed by atoms with Gasteiger partial charge in [-0.25, -0.2) is 4.52 Å². The standard InChI is InChI=1S/C6H5N3O/c10-6-5-1-2-8-9(5)4-3-7-6/h1-4H,(H,7,10). The molecule has 50 valence electrons. The smallest absolute Gasteiger partial charge is 0.273 e. The van der Waals surface area contributed by atoms with Crippen molar-refractivity contribution in [2.75, 3.05) is 0 Å². The number of hydrogen-bond donors (Lipinski definition) is 1. The molecule has 0 saturated heterocycles. The minimum Gasteiger partial charge on any atom is -0.326 e. The van der Waals surface area contributed by atoms with E-state index in [1.807, 2.05) is 0 Å². The second-order valence-corrected chi connectivity index (χ2v) is 1.95. The molecule has 0 atom stereocenters. The van der Waals surface area contributed by atoms with Crippen LogP contribution in [0, 0.1) is 0 Å². The summed E-state index contributed by atoms with van der Waals surface area (Å²) in [4.78, 5) is 13.5. The SMILES string of the molecule is O=c1[nH]ccn2nccc12. The molecule has 2 rings (SSSR count).